The van der Waals surface area contributed by atoms with Crippen molar-refractivity contribution in [3.05, 3.63) is 34.4 Å². The van der Waals surface area contributed by atoms with E-state index in [1.807, 2.05) is 0 Å². The van der Waals surface area contributed by atoms with Crippen LogP contribution in [0.4, 0.5) is 5.69 Å². The zero-order valence-corrected chi connectivity index (χ0v) is 14.1. The van der Waals surface area contributed by atoms with Gasteiger partial charge < -0.3 is 14.0 Å². The third-order valence-corrected chi connectivity index (χ3v) is 6.62. The molecule has 0 spiro atoms. The van der Waals surface area contributed by atoms with Crippen molar-refractivity contribution in [3.63, 3.8) is 0 Å². The van der Waals surface area contributed by atoms with E-state index in [0.717, 1.165) is 0 Å². The van der Waals surface area contributed by atoms with Crippen LogP contribution < -0.4 is 4.52 Å². The number of rotatable bonds is 5. The summed E-state index contributed by atoms with van der Waals surface area (Å²) in [4.78, 5) is 10.5. The molecule has 1 aromatic carbocycles. The van der Waals surface area contributed by atoms with E-state index >= 15 is 0 Å². The molecule has 2 fully saturated rings. The molecule has 2 heterocycles. The van der Waals surface area contributed by atoms with Crippen LogP contribution in [0.2, 0.25) is 0 Å². The lowest BCUT2D eigenvalue weighted by molar-refractivity contribution is -0.384. The van der Waals surface area contributed by atoms with E-state index in [-0.39, 0.29) is 11.4 Å². The van der Waals surface area contributed by atoms with Crippen LogP contribution >= 0.6 is 7.67 Å². The average molecular weight is 357 g/mol. The van der Waals surface area contributed by atoms with Gasteiger partial charge in [0.15, 0.2) is 0 Å². The summed E-state index contributed by atoms with van der Waals surface area (Å²) in [7, 11) is -3.36. The summed E-state index contributed by atoms with van der Waals surface area (Å²) in [6.07, 6.45) is 0. The summed E-state index contributed by atoms with van der Waals surface area (Å²) in [5, 5.41) is 10.9. The number of morpholine rings is 2. The van der Waals surface area contributed by atoms with Crippen LogP contribution in [-0.4, -0.2) is 66.9 Å². The van der Waals surface area contributed by atoms with Crippen molar-refractivity contribution in [2.75, 3.05) is 52.6 Å². The molecular weight excluding hydrogens is 337 g/mol. The summed E-state index contributed by atoms with van der Waals surface area (Å²) in [5.41, 5.74) is -0.0944. The molecule has 0 bridgehead atoms. The first-order valence-corrected chi connectivity index (χ1v) is 9.33. The average Bonchev–Trinajstić information content (AvgIpc) is 2.63. The van der Waals surface area contributed by atoms with Gasteiger partial charge in [0, 0.05) is 32.2 Å². The Morgan fingerprint density at radius 1 is 1.04 bits per heavy atom. The van der Waals surface area contributed by atoms with Crippen molar-refractivity contribution in [3.8, 4) is 5.75 Å². The zero-order valence-electron chi connectivity index (χ0n) is 13.2. The van der Waals surface area contributed by atoms with Crippen LogP contribution in [-0.2, 0) is 14.0 Å². The minimum atomic E-state index is -3.36. The highest BCUT2D eigenvalue weighted by atomic mass is 31.2. The van der Waals surface area contributed by atoms with Gasteiger partial charge in [-0.25, -0.2) is 13.9 Å². The van der Waals surface area contributed by atoms with Gasteiger partial charge in [-0.15, -0.1) is 0 Å². The third kappa shape index (κ3) is 3.76. The standard InChI is InChI=1S/C14H20N3O6P/c18-17(19)13-2-1-3-14(12-13)23-24(20,15-4-8-21-9-5-15)16-6-10-22-11-7-16/h1-3,12H,4-11H2. The maximum absolute atomic E-state index is 13.7. The summed E-state index contributed by atoms with van der Waals surface area (Å²) < 4.78 is 33.8. The Morgan fingerprint density at radius 3 is 2.08 bits per heavy atom. The highest BCUT2D eigenvalue weighted by molar-refractivity contribution is 7.54. The smallest absolute Gasteiger partial charge is 0.396 e. The van der Waals surface area contributed by atoms with Crippen molar-refractivity contribution in [1.82, 2.24) is 9.34 Å². The number of ether oxygens (including phenoxy) is 2. The molecule has 0 N–H and O–H groups in total. The van der Waals surface area contributed by atoms with E-state index in [1.54, 1.807) is 15.4 Å². The lowest BCUT2D eigenvalue weighted by Crippen LogP contribution is -2.44. The minimum Gasteiger partial charge on any atom is -0.422 e. The first-order chi connectivity index (χ1) is 11.6. The SMILES string of the molecule is O=[N+]([O-])c1cccc(OP(=O)(N2CCOCC2)N2CCOCC2)c1. The second kappa shape index (κ2) is 7.58. The maximum Gasteiger partial charge on any atom is 0.396 e. The van der Waals surface area contributed by atoms with E-state index in [1.165, 1.54) is 18.2 Å². The molecule has 10 heteroatoms. The fourth-order valence-electron chi connectivity index (χ4n) is 2.70. The van der Waals surface area contributed by atoms with Crippen LogP contribution in [0.1, 0.15) is 0 Å². The largest absolute Gasteiger partial charge is 0.422 e. The highest BCUT2D eigenvalue weighted by Gasteiger charge is 2.41. The third-order valence-electron chi connectivity index (χ3n) is 3.94. The topological polar surface area (TPSA) is 94.4 Å². The maximum atomic E-state index is 13.7. The number of nitro groups is 1. The van der Waals surface area contributed by atoms with Crippen LogP contribution in [0.15, 0.2) is 24.3 Å². The Labute approximate surface area is 139 Å². The van der Waals surface area contributed by atoms with Crippen molar-refractivity contribution < 1.29 is 23.5 Å². The second-order valence-electron chi connectivity index (χ2n) is 5.47. The van der Waals surface area contributed by atoms with Gasteiger partial charge in [-0.1, -0.05) is 6.07 Å². The molecule has 9 nitrogen and oxygen atoms in total. The first kappa shape index (κ1) is 17.3. The molecule has 1 aromatic rings. The lowest BCUT2D eigenvalue weighted by atomic mass is 10.3. The summed E-state index contributed by atoms with van der Waals surface area (Å²) in [6.45, 7) is 3.87. The Balaban J connectivity index is 1.87. The molecule has 2 saturated heterocycles. The lowest BCUT2D eigenvalue weighted by Gasteiger charge is -2.40. The molecule has 0 radical (unpaired) electrons. The second-order valence-corrected chi connectivity index (χ2v) is 7.76. The Morgan fingerprint density at radius 2 is 1.58 bits per heavy atom. The quantitative estimate of drug-likeness (QED) is 0.447. The molecule has 0 aliphatic carbocycles. The van der Waals surface area contributed by atoms with Crippen LogP contribution in [0.25, 0.3) is 0 Å². The normalized spacial score (nSPS) is 20.7. The molecule has 2 aliphatic rings. The van der Waals surface area contributed by atoms with Gasteiger partial charge in [0.2, 0.25) is 0 Å². The molecule has 0 atom stereocenters. The molecule has 24 heavy (non-hydrogen) atoms. The fraction of sp³-hybridized carbons (Fsp3) is 0.571. The van der Waals surface area contributed by atoms with Gasteiger partial charge in [-0.05, 0) is 6.07 Å². The van der Waals surface area contributed by atoms with Crippen molar-refractivity contribution in [1.29, 1.82) is 0 Å². The van der Waals surface area contributed by atoms with Crippen LogP contribution in [0, 0.1) is 10.1 Å². The summed E-state index contributed by atoms with van der Waals surface area (Å²) >= 11 is 0. The van der Waals surface area contributed by atoms with E-state index in [4.69, 9.17) is 14.0 Å². The van der Waals surface area contributed by atoms with Crippen LogP contribution in [0.5, 0.6) is 5.75 Å². The van der Waals surface area contributed by atoms with Crippen molar-refractivity contribution in [2.45, 2.75) is 0 Å². The molecule has 0 unspecified atom stereocenters. The molecule has 132 valence electrons. The predicted molar refractivity (Wildman–Crippen MR) is 86.1 cm³/mol. The number of non-ortho nitro benzene ring substituents is 1. The first-order valence-electron chi connectivity index (χ1n) is 7.80. The molecule has 0 aromatic heterocycles. The van der Waals surface area contributed by atoms with Gasteiger partial charge in [0.25, 0.3) is 5.69 Å². The van der Waals surface area contributed by atoms with Gasteiger partial charge >= 0.3 is 7.67 Å². The van der Waals surface area contributed by atoms with Gasteiger partial charge in [-0.3, -0.25) is 10.1 Å². The number of hydrogen-bond acceptors (Lipinski definition) is 6. The predicted octanol–water partition coefficient (Wildman–Crippen LogP) is 1.75. The number of benzene rings is 1. The minimum absolute atomic E-state index is 0.0944. The molecule has 0 saturated carbocycles. The van der Waals surface area contributed by atoms with Crippen LogP contribution in [0.3, 0.4) is 0 Å². The Kier molecular flexibility index (Phi) is 5.47. The van der Waals surface area contributed by atoms with E-state index in [9.17, 15) is 14.7 Å². The molecule has 0 amide bonds. The number of nitro benzene ring substituents is 1. The number of hydrogen-bond donors (Lipinski definition) is 0. The molecular formula is C14H20N3O6P. The monoisotopic (exact) mass is 357 g/mol. The van der Waals surface area contributed by atoms with Gasteiger partial charge in [-0.2, -0.15) is 0 Å². The highest BCUT2D eigenvalue weighted by Crippen LogP contribution is 2.54. The Bertz CT molecular complexity index is 609. The van der Waals surface area contributed by atoms with E-state index in [0.29, 0.717) is 52.6 Å². The van der Waals surface area contributed by atoms with Gasteiger partial charge in [0.05, 0.1) is 37.4 Å². The van der Waals surface area contributed by atoms with E-state index in [2.05, 4.69) is 0 Å². The van der Waals surface area contributed by atoms with Crippen molar-refractivity contribution >= 4 is 13.4 Å². The van der Waals surface area contributed by atoms with E-state index < -0.39 is 12.6 Å². The summed E-state index contributed by atoms with van der Waals surface area (Å²) in [5.74, 6) is 0.227. The summed E-state index contributed by atoms with van der Waals surface area (Å²) in [6, 6.07) is 5.78. The fourth-order valence-corrected chi connectivity index (χ4v) is 5.01. The van der Waals surface area contributed by atoms with Gasteiger partial charge in [0.1, 0.15) is 5.75 Å². The number of nitrogens with zero attached hydrogens (tertiary/aromatic N) is 3. The Hall–Kier alpha value is -1.51. The molecule has 2 aliphatic heterocycles. The molecule has 3 rings (SSSR count). The zero-order chi connectivity index (χ0) is 17.0. The van der Waals surface area contributed by atoms with Crippen molar-refractivity contribution in [2.24, 2.45) is 0 Å².